The fourth-order valence-corrected chi connectivity index (χ4v) is 4.45. The van der Waals surface area contributed by atoms with E-state index in [-0.39, 0.29) is 24.0 Å². The molecule has 0 saturated heterocycles. The van der Waals surface area contributed by atoms with E-state index in [1.54, 1.807) is 26.2 Å². The van der Waals surface area contributed by atoms with E-state index in [2.05, 4.69) is 34.5 Å². The zero-order valence-electron chi connectivity index (χ0n) is 17.1. The van der Waals surface area contributed by atoms with Crippen LogP contribution in [0.3, 0.4) is 0 Å². The molecule has 158 valence electrons. The lowest BCUT2D eigenvalue weighted by Crippen LogP contribution is -2.44. The zero-order valence-corrected chi connectivity index (χ0v) is 20.3. The standard InChI is InChI=1S/C21H28N4O2S.HI/c1-4-22-21(25-14-13-17-9-5-6-11-19(17)16-25)23-15-18-10-7-8-12-20(18)28(26,27)24(2)3;/h5-12H,4,13-16H2,1-3H3,(H,22,23);1H. The lowest BCUT2D eigenvalue weighted by atomic mass is 10.0. The highest BCUT2D eigenvalue weighted by Crippen LogP contribution is 2.21. The average Bonchev–Trinajstić information content (AvgIpc) is 2.70. The van der Waals surface area contributed by atoms with Crippen LogP contribution in [0.15, 0.2) is 58.4 Å². The maximum atomic E-state index is 12.6. The van der Waals surface area contributed by atoms with Crippen LogP contribution in [0.1, 0.15) is 23.6 Å². The number of halogens is 1. The Labute approximate surface area is 191 Å². The third-order valence-electron chi connectivity index (χ3n) is 4.90. The van der Waals surface area contributed by atoms with Crippen LogP contribution in [0.25, 0.3) is 0 Å². The summed E-state index contributed by atoms with van der Waals surface area (Å²) in [6.07, 6.45) is 0.978. The second-order valence-electron chi connectivity index (χ2n) is 7.01. The summed E-state index contributed by atoms with van der Waals surface area (Å²) in [5.74, 6) is 0.814. The molecule has 1 heterocycles. The Balaban J connectivity index is 0.00000300. The van der Waals surface area contributed by atoms with E-state index < -0.39 is 10.0 Å². The first-order valence-electron chi connectivity index (χ1n) is 9.54. The lowest BCUT2D eigenvalue weighted by molar-refractivity contribution is 0.378. The van der Waals surface area contributed by atoms with Crippen LogP contribution in [0.4, 0.5) is 0 Å². The molecule has 1 N–H and O–H groups in total. The van der Waals surface area contributed by atoms with E-state index in [0.717, 1.165) is 32.0 Å². The van der Waals surface area contributed by atoms with E-state index >= 15 is 0 Å². The molecule has 6 nitrogen and oxygen atoms in total. The van der Waals surface area contributed by atoms with Gasteiger partial charge in [-0.25, -0.2) is 17.7 Å². The third-order valence-corrected chi connectivity index (χ3v) is 6.81. The predicted molar refractivity (Wildman–Crippen MR) is 128 cm³/mol. The molecule has 0 aromatic heterocycles. The molecule has 0 bridgehead atoms. The number of nitrogens with one attached hydrogen (secondary N) is 1. The molecule has 29 heavy (non-hydrogen) atoms. The van der Waals surface area contributed by atoms with Gasteiger partial charge in [-0.3, -0.25) is 0 Å². The second-order valence-corrected chi connectivity index (χ2v) is 9.13. The van der Waals surface area contributed by atoms with Crippen molar-refractivity contribution in [2.75, 3.05) is 27.2 Å². The summed E-state index contributed by atoms with van der Waals surface area (Å²) in [5, 5.41) is 3.35. The van der Waals surface area contributed by atoms with Crippen molar-refractivity contribution in [3.63, 3.8) is 0 Å². The number of benzene rings is 2. The van der Waals surface area contributed by atoms with Gasteiger partial charge in [0.15, 0.2) is 5.96 Å². The Morgan fingerprint density at radius 3 is 2.45 bits per heavy atom. The van der Waals surface area contributed by atoms with Crippen molar-refractivity contribution >= 4 is 40.0 Å². The first kappa shape index (κ1) is 23.6. The van der Waals surface area contributed by atoms with Gasteiger partial charge in [0, 0.05) is 33.7 Å². The summed E-state index contributed by atoms with van der Waals surface area (Å²) >= 11 is 0. The zero-order chi connectivity index (χ0) is 20.1. The van der Waals surface area contributed by atoms with Crippen molar-refractivity contribution in [1.82, 2.24) is 14.5 Å². The molecule has 1 aliphatic rings. The number of guanidine groups is 1. The molecule has 0 radical (unpaired) electrons. The summed E-state index contributed by atoms with van der Waals surface area (Å²) in [7, 11) is -0.410. The molecule has 3 rings (SSSR count). The first-order chi connectivity index (χ1) is 13.4. The summed E-state index contributed by atoms with van der Waals surface area (Å²) in [4.78, 5) is 7.30. The molecule has 0 aliphatic carbocycles. The summed E-state index contributed by atoms with van der Waals surface area (Å²) in [5.41, 5.74) is 3.40. The largest absolute Gasteiger partial charge is 0.356 e. The highest BCUT2D eigenvalue weighted by Gasteiger charge is 2.22. The normalized spacial score (nSPS) is 14.3. The minimum Gasteiger partial charge on any atom is -0.356 e. The number of nitrogens with zero attached hydrogens (tertiary/aromatic N) is 3. The van der Waals surface area contributed by atoms with Crippen LogP contribution in [0.2, 0.25) is 0 Å². The van der Waals surface area contributed by atoms with Gasteiger partial charge in [0.1, 0.15) is 0 Å². The highest BCUT2D eigenvalue weighted by atomic mass is 127. The van der Waals surface area contributed by atoms with Gasteiger partial charge < -0.3 is 10.2 Å². The van der Waals surface area contributed by atoms with Crippen LogP contribution in [-0.4, -0.2) is 50.8 Å². The van der Waals surface area contributed by atoms with E-state index in [1.807, 2.05) is 19.1 Å². The van der Waals surface area contributed by atoms with Crippen LogP contribution in [0, 0.1) is 0 Å². The maximum Gasteiger partial charge on any atom is 0.242 e. The fourth-order valence-electron chi connectivity index (χ4n) is 3.35. The van der Waals surface area contributed by atoms with Gasteiger partial charge in [-0.1, -0.05) is 42.5 Å². The molecule has 0 spiro atoms. The Bertz CT molecular complexity index is 961. The number of rotatable bonds is 5. The molecule has 0 fully saturated rings. The van der Waals surface area contributed by atoms with Gasteiger partial charge in [-0.2, -0.15) is 0 Å². The monoisotopic (exact) mass is 528 g/mol. The summed E-state index contributed by atoms with van der Waals surface area (Å²) in [6.45, 7) is 4.80. The number of fused-ring (bicyclic) bond motifs is 1. The molecule has 1 aliphatic heterocycles. The first-order valence-corrected chi connectivity index (χ1v) is 11.0. The van der Waals surface area contributed by atoms with Gasteiger partial charge in [0.2, 0.25) is 10.0 Å². The second kappa shape index (κ2) is 10.4. The van der Waals surface area contributed by atoms with Crippen LogP contribution in [0.5, 0.6) is 0 Å². The van der Waals surface area contributed by atoms with Crippen molar-refractivity contribution in [3.8, 4) is 0 Å². The molecule has 0 unspecified atom stereocenters. The summed E-state index contributed by atoms with van der Waals surface area (Å²) in [6, 6.07) is 15.5. The molecular weight excluding hydrogens is 499 g/mol. The van der Waals surface area contributed by atoms with Crippen LogP contribution < -0.4 is 5.32 Å². The minimum atomic E-state index is -3.50. The van der Waals surface area contributed by atoms with Crippen molar-refractivity contribution in [2.24, 2.45) is 4.99 Å². The molecule has 8 heteroatoms. The van der Waals surface area contributed by atoms with Crippen molar-refractivity contribution < 1.29 is 8.42 Å². The SMILES string of the molecule is CCNC(=NCc1ccccc1S(=O)(=O)N(C)C)N1CCc2ccccc2C1.I. The highest BCUT2D eigenvalue weighted by molar-refractivity contribution is 14.0. The van der Waals surface area contributed by atoms with E-state index in [0.29, 0.717) is 17.0 Å². The Hall–Kier alpha value is -1.65. The number of hydrogen-bond acceptors (Lipinski definition) is 3. The Morgan fingerprint density at radius 1 is 1.10 bits per heavy atom. The van der Waals surface area contributed by atoms with Crippen LogP contribution >= 0.6 is 24.0 Å². The van der Waals surface area contributed by atoms with Gasteiger partial charge in [-0.15, -0.1) is 24.0 Å². The predicted octanol–water partition coefficient (Wildman–Crippen LogP) is 3.08. The van der Waals surface area contributed by atoms with Crippen molar-refractivity contribution in [3.05, 3.63) is 65.2 Å². The maximum absolute atomic E-state index is 12.6. The molecule has 0 amide bonds. The van der Waals surface area contributed by atoms with Crippen molar-refractivity contribution in [1.29, 1.82) is 0 Å². The quantitative estimate of drug-likeness (QED) is 0.368. The van der Waals surface area contributed by atoms with Crippen molar-refractivity contribution in [2.45, 2.75) is 31.3 Å². The van der Waals surface area contributed by atoms with Gasteiger partial charge >= 0.3 is 0 Å². The van der Waals surface area contributed by atoms with Crippen LogP contribution in [-0.2, 0) is 29.5 Å². The molecular formula is C21H29IN4O2S. The lowest BCUT2D eigenvalue weighted by Gasteiger charge is -2.31. The van der Waals surface area contributed by atoms with E-state index in [1.165, 1.54) is 15.4 Å². The van der Waals surface area contributed by atoms with Gasteiger partial charge in [0.05, 0.1) is 11.4 Å². The Kier molecular flexibility index (Phi) is 8.47. The van der Waals surface area contributed by atoms with E-state index in [9.17, 15) is 8.42 Å². The van der Waals surface area contributed by atoms with Gasteiger partial charge in [-0.05, 0) is 36.1 Å². The van der Waals surface area contributed by atoms with E-state index in [4.69, 9.17) is 4.99 Å². The molecule has 2 aromatic rings. The third kappa shape index (κ3) is 5.49. The molecule has 0 atom stereocenters. The Morgan fingerprint density at radius 2 is 1.76 bits per heavy atom. The topological polar surface area (TPSA) is 65.0 Å². The molecule has 2 aromatic carbocycles. The number of hydrogen-bond donors (Lipinski definition) is 1. The number of aliphatic imine (C=N–C) groups is 1. The summed E-state index contributed by atoms with van der Waals surface area (Å²) < 4.78 is 26.5. The smallest absolute Gasteiger partial charge is 0.242 e. The average molecular weight is 528 g/mol. The molecule has 0 saturated carbocycles. The minimum absolute atomic E-state index is 0. The fraction of sp³-hybridized carbons (Fsp3) is 0.381. The van der Waals surface area contributed by atoms with Gasteiger partial charge in [0.25, 0.3) is 0 Å². The number of sulfonamides is 1.